The van der Waals surface area contributed by atoms with Gasteiger partial charge in [-0.15, -0.1) is 0 Å². The zero-order chi connectivity index (χ0) is 8.69. The molecule has 1 heteroatoms. The first kappa shape index (κ1) is 9.97. The Balaban J connectivity index is 4.11. The molecule has 1 nitrogen and oxygen atoms in total. The average molecular weight is 149 g/mol. The summed E-state index contributed by atoms with van der Waals surface area (Å²) in [4.78, 5) is 0. The zero-order valence-electron chi connectivity index (χ0n) is 7.46. The van der Waals surface area contributed by atoms with Crippen LogP contribution in [-0.2, 0) is 0 Å². The number of nitriles is 1. The van der Waals surface area contributed by atoms with Crippen molar-refractivity contribution in [3.63, 3.8) is 0 Å². The highest BCUT2D eigenvalue weighted by atomic mass is 14.2. The molecule has 0 N–H and O–H groups in total. The van der Waals surface area contributed by atoms with E-state index < -0.39 is 0 Å². The molecule has 0 amide bonds. The molecule has 0 unspecified atom stereocenters. The molecule has 0 saturated heterocycles. The van der Waals surface area contributed by atoms with E-state index in [1.54, 1.807) is 0 Å². The molecule has 0 aliphatic rings. The van der Waals surface area contributed by atoms with E-state index >= 15 is 0 Å². The van der Waals surface area contributed by atoms with Gasteiger partial charge in [0.2, 0.25) is 0 Å². The summed E-state index contributed by atoms with van der Waals surface area (Å²) in [5.41, 5.74) is 0.765. The van der Waals surface area contributed by atoms with Crippen molar-refractivity contribution < 1.29 is 0 Å². The topological polar surface area (TPSA) is 23.8 Å². The van der Waals surface area contributed by atoms with Crippen LogP contribution in [0.3, 0.4) is 0 Å². The maximum absolute atomic E-state index is 8.60. The maximum Gasteiger partial charge on any atom is 0.0988 e. The molecule has 0 aromatic carbocycles. The minimum atomic E-state index is 0.517. The smallest absolute Gasteiger partial charge is 0.0988 e. The van der Waals surface area contributed by atoms with E-state index in [2.05, 4.69) is 19.9 Å². The molecule has 0 aromatic rings. The van der Waals surface area contributed by atoms with Crippen LogP contribution in [0.1, 0.15) is 27.2 Å². The van der Waals surface area contributed by atoms with Crippen molar-refractivity contribution >= 4 is 0 Å². The molecule has 0 aromatic heterocycles. The van der Waals surface area contributed by atoms with E-state index in [0.29, 0.717) is 5.92 Å². The molecule has 0 aliphatic heterocycles. The molecule has 0 saturated carbocycles. The van der Waals surface area contributed by atoms with E-state index in [4.69, 9.17) is 5.26 Å². The van der Waals surface area contributed by atoms with Crippen LogP contribution >= 0.6 is 0 Å². The lowest BCUT2D eigenvalue weighted by Crippen LogP contribution is -1.78. The molecule has 0 aliphatic carbocycles. The van der Waals surface area contributed by atoms with Gasteiger partial charge in [0.05, 0.1) is 6.07 Å². The number of rotatable bonds is 3. The molecule has 0 heterocycles. The minimum absolute atomic E-state index is 0.517. The summed E-state index contributed by atoms with van der Waals surface area (Å²) >= 11 is 0. The molecule has 11 heavy (non-hydrogen) atoms. The van der Waals surface area contributed by atoms with Crippen molar-refractivity contribution in [3.05, 3.63) is 23.8 Å². The Hall–Kier alpha value is -1.03. The standard InChI is InChI=1S/C10H15N/c1-4-5-10(8-11)7-6-9(2)3/h5-7,9H,4H2,1-3H3/b7-6+,10-5-. The largest absolute Gasteiger partial charge is 0.192 e. The average Bonchev–Trinajstić information content (AvgIpc) is 1.97. The van der Waals surface area contributed by atoms with E-state index in [9.17, 15) is 0 Å². The molecule has 0 radical (unpaired) electrons. The van der Waals surface area contributed by atoms with Crippen LogP contribution in [0, 0.1) is 17.2 Å². The van der Waals surface area contributed by atoms with Crippen LogP contribution < -0.4 is 0 Å². The van der Waals surface area contributed by atoms with Crippen molar-refractivity contribution in [3.8, 4) is 6.07 Å². The zero-order valence-corrected chi connectivity index (χ0v) is 7.46. The second-order valence-electron chi connectivity index (χ2n) is 2.78. The Morgan fingerprint density at radius 1 is 1.55 bits per heavy atom. The second-order valence-corrected chi connectivity index (χ2v) is 2.78. The number of allylic oxidation sites excluding steroid dienone is 4. The lowest BCUT2D eigenvalue weighted by atomic mass is 10.1. The monoisotopic (exact) mass is 149 g/mol. The SMILES string of the molecule is CC/C=C(C#N)/C=C/C(C)C. The van der Waals surface area contributed by atoms with E-state index in [1.807, 2.05) is 25.2 Å². The van der Waals surface area contributed by atoms with Gasteiger partial charge < -0.3 is 0 Å². The summed E-state index contributed by atoms with van der Waals surface area (Å²) in [5, 5.41) is 8.60. The van der Waals surface area contributed by atoms with Gasteiger partial charge in [0.15, 0.2) is 0 Å². The molecule has 0 atom stereocenters. The third kappa shape index (κ3) is 5.42. The van der Waals surface area contributed by atoms with Gasteiger partial charge in [0, 0.05) is 5.57 Å². The fourth-order valence-corrected chi connectivity index (χ4v) is 0.667. The van der Waals surface area contributed by atoms with Crippen molar-refractivity contribution in [1.29, 1.82) is 5.26 Å². The fraction of sp³-hybridized carbons (Fsp3) is 0.500. The second kappa shape index (κ2) is 5.73. The first-order valence-electron chi connectivity index (χ1n) is 3.99. The predicted octanol–water partition coefficient (Wildman–Crippen LogP) is 3.06. The van der Waals surface area contributed by atoms with Crippen molar-refractivity contribution in [2.24, 2.45) is 5.92 Å². The summed E-state index contributed by atoms with van der Waals surface area (Å²) in [6, 6.07) is 2.13. The lowest BCUT2D eigenvalue weighted by Gasteiger charge is -1.92. The number of nitrogens with zero attached hydrogens (tertiary/aromatic N) is 1. The first-order valence-corrected chi connectivity index (χ1v) is 3.99. The lowest BCUT2D eigenvalue weighted by molar-refractivity contribution is 0.831. The Kier molecular flexibility index (Phi) is 5.20. The van der Waals surface area contributed by atoms with Crippen LogP contribution in [0.15, 0.2) is 23.8 Å². The summed E-state index contributed by atoms with van der Waals surface area (Å²) in [6.07, 6.45) is 6.77. The summed E-state index contributed by atoms with van der Waals surface area (Å²) in [7, 11) is 0. The van der Waals surface area contributed by atoms with Crippen LogP contribution in [0.5, 0.6) is 0 Å². The third-order valence-corrected chi connectivity index (χ3v) is 1.21. The number of hydrogen-bond donors (Lipinski definition) is 0. The van der Waals surface area contributed by atoms with Gasteiger partial charge in [0.25, 0.3) is 0 Å². The Labute approximate surface area is 69.0 Å². The quantitative estimate of drug-likeness (QED) is 0.447. The normalized spacial score (nSPS) is 12.5. The first-order chi connectivity index (χ1) is 5.20. The van der Waals surface area contributed by atoms with Crippen LogP contribution in [0.25, 0.3) is 0 Å². The number of hydrogen-bond acceptors (Lipinski definition) is 1. The van der Waals surface area contributed by atoms with Crippen molar-refractivity contribution in [2.45, 2.75) is 27.2 Å². The highest BCUT2D eigenvalue weighted by Crippen LogP contribution is 2.01. The summed E-state index contributed by atoms with van der Waals surface area (Å²) < 4.78 is 0. The fourth-order valence-electron chi connectivity index (χ4n) is 0.667. The van der Waals surface area contributed by atoms with Crippen LogP contribution in [0.2, 0.25) is 0 Å². The Morgan fingerprint density at radius 3 is 2.55 bits per heavy atom. The predicted molar refractivity (Wildman–Crippen MR) is 48.0 cm³/mol. The van der Waals surface area contributed by atoms with Crippen LogP contribution in [0.4, 0.5) is 0 Å². The van der Waals surface area contributed by atoms with Gasteiger partial charge in [-0.1, -0.05) is 32.9 Å². The van der Waals surface area contributed by atoms with Crippen molar-refractivity contribution in [1.82, 2.24) is 0 Å². The Morgan fingerprint density at radius 2 is 2.18 bits per heavy atom. The minimum Gasteiger partial charge on any atom is -0.192 e. The molecular formula is C10H15N. The molecule has 60 valence electrons. The van der Waals surface area contributed by atoms with E-state index in [1.165, 1.54) is 0 Å². The molecule has 0 bridgehead atoms. The molecule has 0 fully saturated rings. The maximum atomic E-state index is 8.60. The van der Waals surface area contributed by atoms with Gasteiger partial charge in [-0.05, 0) is 18.4 Å². The third-order valence-electron chi connectivity index (χ3n) is 1.21. The highest BCUT2D eigenvalue weighted by Gasteiger charge is 1.87. The van der Waals surface area contributed by atoms with Gasteiger partial charge in [0.1, 0.15) is 0 Å². The van der Waals surface area contributed by atoms with Crippen molar-refractivity contribution in [2.75, 3.05) is 0 Å². The van der Waals surface area contributed by atoms with E-state index in [-0.39, 0.29) is 0 Å². The van der Waals surface area contributed by atoms with Crippen LogP contribution in [-0.4, -0.2) is 0 Å². The molecular weight excluding hydrogens is 134 g/mol. The van der Waals surface area contributed by atoms with Gasteiger partial charge in [-0.25, -0.2) is 0 Å². The summed E-state index contributed by atoms with van der Waals surface area (Å²) in [6.45, 7) is 6.22. The molecule has 0 rings (SSSR count). The van der Waals surface area contributed by atoms with Gasteiger partial charge in [-0.2, -0.15) is 5.26 Å². The van der Waals surface area contributed by atoms with E-state index in [0.717, 1.165) is 12.0 Å². The summed E-state index contributed by atoms with van der Waals surface area (Å²) in [5.74, 6) is 0.517. The van der Waals surface area contributed by atoms with Gasteiger partial charge in [-0.3, -0.25) is 0 Å². The Bertz CT molecular complexity index is 191. The highest BCUT2D eigenvalue weighted by molar-refractivity contribution is 5.32. The van der Waals surface area contributed by atoms with Gasteiger partial charge >= 0.3 is 0 Å². The molecule has 0 spiro atoms.